The molecule has 0 unspecified atom stereocenters. The summed E-state index contributed by atoms with van der Waals surface area (Å²) in [6, 6.07) is 0. The summed E-state index contributed by atoms with van der Waals surface area (Å²) in [5.41, 5.74) is 0.134. The first-order valence-electron chi connectivity index (χ1n) is 16.7. The van der Waals surface area contributed by atoms with E-state index in [9.17, 15) is 20.1 Å². The lowest BCUT2D eigenvalue weighted by Crippen LogP contribution is -2.58. The lowest BCUT2D eigenvalue weighted by atomic mass is 9.71. The number of carbonyl (C=O) groups excluding carboxylic acids is 1. The van der Waals surface area contributed by atoms with Crippen LogP contribution >= 0.6 is 0 Å². The first kappa shape index (κ1) is 31.9. The van der Waals surface area contributed by atoms with Crippen LogP contribution in [0.2, 0.25) is 0 Å². The van der Waals surface area contributed by atoms with E-state index in [0.29, 0.717) is 36.3 Å². The topological polar surface area (TPSA) is 115 Å². The number of ether oxygens (including phenoxy) is 4. The van der Waals surface area contributed by atoms with E-state index >= 15 is 0 Å². The van der Waals surface area contributed by atoms with Gasteiger partial charge in [-0.15, -0.1) is 0 Å². The Hall–Kier alpha value is -2.07. The molecule has 11 atom stereocenters. The molecule has 2 aliphatic carbocycles. The number of allylic oxidation sites excluding steroid dienone is 2. The summed E-state index contributed by atoms with van der Waals surface area (Å²) < 4.78 is 25.8. The zero-order chi connectivity index (χ0) is 31.2. The van der Waals surface area contributed by atoms with E-state index < -0.39 is 47.7 Å². The van der Waals surface area contributed by atoms with E-state index in [-0.39, 0.29) is 30.7 Å². The van der Waals surface area contributed by atoms with Crippen LogP contribution in [0.5, 0.6) is 0 Å². The van der Waals surface area contributed by atoms with Crippen molar-refractivity contribution in [1.82, 2.24) is 0 Å². The Labute approximate surface area is 261 Å². The number of fused-ring (bicyclic) bond motifs is 2. The highest BCUT2D eigenvalue weighted by molar-refractivity contribution is 5.78. The van der Waals surface area contributed by atoms with Crippen LogP contribution in [0.15, 0.2) is 59.3 Å². The van der Waals surface area contributed by atoms with Crippen molar-refractivity contribution in [3.8, 4) is 0 Å². The second-order valence-corrected chi connectivity index (χ2v) is 14.2. The van der Waals surface area contributed by atoms with Gasteiger partial charge in [0.25, 0.3) is 0 Å². The maximum atomic E-state index is 14.0. The van der Waals surface area contributed by atoms with Gasteiger partial charge < -0.3 is 34.3 Å². The molecular formula is C36H50O8. The third-order valence-corrected chi connectivity index (χ3v) is 11.0. The summed E-state index contributed by atoms with van der Waals surface area (Å²) in [4.78, 5) is 14.0. The van der Waals surface area contributed by atoms with E-state index in [1.54, 1.807) is 25.2 Å². The van der Waals surface area contributed by atoms with Crippen molar-refractivity contribution in [1.29, 1.82) is 0 Å². The van der Waals surface area contributed by atoms with Crippen LogP contribution in [-0.4, -0.2) is 75.9 Å². The average molecular weight is 611 g/mol. The Balaban J connectivity index is 1.36. The molecular weight excluding hydrogens is 560 g/mol. The van der Waals surface area contributed by atoms with Gasteiger partial charge in [-0.25, -0.2) is 0 Å². The number of hydrogen-bond donors (Lipinski definition) is 3. The number of hydrogen-bond acceptors (Lipinski definition) is 8. The summed E-state index contributed by atoms with van der Waals surface area (Å²) in [6.07, 6.45) is 17.0. The van der Waals surface area contributed by atoms with Crippen LogP contribution in [0.1, 0.15) is 79.1 Å². The fourth-order valence-electron chi connectivity index (χ4n) is 8.28. The van der Waals surface area contributed by atoms with Crippen molar-refractivity contribution in [3.05, 3.63) is 59.3 Å². The van der Waals surface area contributed by atoms with Gasteiger partial charge in [0.2, 0.25) is 0 Å². The van der Waals surface area contributed by atoms with E-state index in [1.165, 1.54) is 19.3 Å². The van der Waals surface area contributed by atoms with E-state index in [0.717, 1.165) is 18.4 Å². The fraction of sp³-hybridized carbons (Fsp3) is 0.694. The largest absolute Gasteiger partial charge is 0.462 e. The normalized spacial score (nSPS) is 47.2. The molecule has 8 nitrogen and oxygen atoms in total. The molecule has 3 N–H and O–H groups in total. The highest BCUT2D eigenvalue weighted by Gasteiger charge is 2.60. The van der Waals surface area contributed by atoms with Gasteiger partial charge in [-0.1, -0.05) is 69.6 Å². The molecule has 1 saturated carbocycles. The van der Waals surface area contributed by atoms with Gasteiger partial charge in [-0.3, -0.25) is 4.79 Å². The zero-order valence-corrected chi connectivity index (χ0v) is 26.6. The maximum Gasteiger partial charge on any atom is 0.316 e. The van der Waals surface area contributed by atoms with Gasteiger partial charge in [-0.05, 0) is 61.8 Å². The fourth-order valence-corrected chi connectivity index (χ4v) is 8.28. The Morgan fingerprint density at radius 2 is 1.70 bits per heavy atom. The zero-order valence-electron chi connectivity index (χ0n) is 26.6. The predicted molar refractivity (Wildman–Crippen MR) is 165 cm³/mol. The predicted octanol–water partition coefficient (Wildman–Crippen LogP) is 4.84. The van der Waals surface area contributed by atoms with Crippen molar-refractivity contribution in [2.75, 3.05) is 6.61 Å². The molecule has 0 aromatic carbocycles. The van der Waals surface area contributed by atoms with Crippen LogP contribution < -0.4 is 0 Å². The molecule has 2 bridgehead atoms. The first-order valence-corrected chi connectivity index (χ1v) is 16.7. The summed E-state index contributed by atoms with van der Waals surface area (Å²) in [7, 11) is 0. The van der Waals surface area contributed by atoms with Crippen molar-refractivity contribution >= 4 is 5.97 Å². The Kier molecular flexibility index (Phi) is 9.14. The summed E-state index contributed by atoms with van der Waals surface area (Å²) in [5, 5.41) is 34.2. The molecule has 0 aromatic rings. The van der Waals surface area contributed by atoms with Gasteiger partial charge in [0, 0.05) is 24.7 Å². The summed E-state index contributed by atoms with van der Waals surface area (Å²) >= 11 is 0. The van der Waals surface area contributed by atoms with Crippen LogP contribution in [0.25, 0.3) is 0 Å². The van der Waals surface area contributed by atoms with E-state index in [4.69, 9.17) is 18.9 Å². The molecule has 6 rings (SSSR count). The molecule has 4 aliphatic heterocycles. The molecule has 0 aromatic heterocycles. The number of aliphatic hydroxyl groups is 3. The molecule has 4 heterocycles. The van der Waals surface area contributed by atoms with Crippen molar-refractivity contribution in [3.63, 3.8) is 0 Å². The summed E-state index contributed by atoms with van der Waals surface area (Å²) in [6.45, 7) is 7.88. The molecule has 44 heavy (non-hydrogen) atoms. The minimum Gasteiger partial charge on any atom is -0.462 e. The lowest BCUT2D eigenvalue weighted by molar-refractivity contribution is -0.301. The van der Waals surface area contributed by atoms with E-state index in [1.807, 2.05) is 32.1 Å². The molecule has 0 amide bonds. The quantitative estimate of drug-likeness (QED) is 0.286. The molecule has 1 spiro atoms. The Morgan fingerprint density at radius 1 is 0.932 bits per heavy atom. The monoisotopic (exact) mass is 610 g/mol. The third-order valence-electron chi connectivity index (χ3n) is 11.0. The van der Waals surface area contributed by atoms with Crippen molar-refractivity contribution < 1.29 is 39.1 Å². The molecule has 242 valence electrons. The Morgan fingerprint density at radius 3 is 2.48 bits per heavy atom. The second-order valence-electron chi connectivity index (χ2n) is 14.2. The smallest absolute Gasteiger partial charge is 0.316 e. The van der Waals surface area contributed by atoms with Crippen LogP contribution in [-0.2, 0) is 23.7 Å². The molecule has 6 aliphatic rings. The van der Waals surface area contributed by atoms with Gasteiger partial charge >= 0.3 is 5.97 Å². The summed E-state index contributed by atoms with van der Waals surface area (Å²) in [5.74, 6) is -2.11. The van der Waals surface area contributed by atoms with E-state index in [2.05, 4.69) is 13.0 Å². The van der Waals surface area contributed by atoms with Gasteiger partial charge in [-0.2, -0.15) is 0 Å². The minimum absolute atomic E-state index is 0.0233. The molecule has 2 saturated heterocycles. The van der Waals surface area contributed by atoms with Crippen LogP contribution in [0, 0.1) is 23.7 Å². The third kappa shape index (κ3) is 5.94. The first-order chi connectivity index (χ1) is 21.0. The van der Waals surface area contributed by atoms with Crippen molar-refractivity contribution in [2.45, 2.75) is 127 Å². The number of esters is 1. The average Bonchev–Trinajstić information content (AvgIpc) is 3.35. The minimum atomic E-state index is -1.76. The highest BCUT2D eigenvalue weighted by atomic mass is 16.7. The van der Waals surface area contributed by atoms with Crippen LogP contribution in [0.3, 0.4) is 0 Å². The van der Waals surface area contributed by atoms with Crippen molar-refractivity contribution in [2.24, 2.45) is 23.7 Å². The van der Waals surface area contributed by atoms with Gasteiger partial charge in [0.05, 0.1) is 24.9 Å². The lowest BCUT2D eigenvalue weighted by Gasteiger charge is -2.49. The SMILES string of the molecule is CC1=C[C@H]2C(=O)O[C@H]3C[C@@H](C/C=C(/C)[C@@H](O)[C@@H](C)/C=C\C=C4CO[C@H]([C@@H]1O)[C@@]42O)O[C@@]1(C=C[C@H](C)[C@@H](C2CCCCC2)O1)C3. The Bertz CT molecular complexity index is 1240. The standard InChI is InChI=1S/C36H50O8/c1-21-9-8-12-26-20-41-33-31(38)24(4)17-29(36(26,33)40)34(39)42-28-18-27(14-13-22(2)30(21)37)43-35(19-28)16-15-23(3)32(44-35)25-10-6-5-7-11-25/h8-9,12-13,15-17,21,23,25,27-33,37-38,40H,5-7,10-11,14,18-20H2,1-4H3/b9-8-,22-13-,26-12?/t21-,23-,27+,28-,29-,30-,31+,32-,33+,35+,36+/m0/s1. The second kappa shape index (κ2) is 12.6. The van der Waals surface area contributed by atoms with Crippen LogP contribution in [0.4, 0.5) is 0 Å². The number of aliphatic hydroxyl groups excluding tert-OH is 2. The maximum absolute atomic E-state index is 14.0. The molecule has 0 radical (unpaired) electrons. The molecule has 8 heteroatoms. The van der Waals surface area contributed by atoms with Gasteiger partial charge in [0.1, 0.15) is 29.8 Å². The molecule has 3 fully saturated rings. The van der Waals surface area contributed by atoms with Gasteiger partial charge in [0.15, 0.2) is 5.79 Å². The number of rotatable bonds is 1. The highest BCUT2D eigenvalue weighted by Crippen LogP contribution is 2.47. The number of carbonyl (C=O) groups is 1.